The van der Waals surface area contributed by atoms with Crippen molar-refractivity contribution in [2.24, 2.45) is 0 Å². The van der Waals surface area contributed by atoms with Crippen molar-refractivity contribution in [3.63, 3.8) is 0 Å². The van der Waals surface area contributed by atoms with E-state index in [1.54, 1.807) is 24.3 Å². The van der Waals surface area contributed by atoms with Crippen LogP contribution in [-0.2, 0) is 0 Å². The first kappa shape index (κ1) is 11.9. The topological polar surface area (TPSA) is 21.3 Å². The average molecular weight is 215 g/mol. The number of hydrogen-bond acceptors (Lipinski definition) is 2. The first-order chi connectivity index (χ1) is 7.13. The summed E-state index contributed by atoms with van der Waals surface area (Å²) >= 11 is 0. The molecule has 0 aliphatic rings. The predicted molar refractivity (Wildman–Crippen MR) is 55.2 cm³/mol. The van der Waals surface area contributed by atoms with Crippen LogP contribution in [0.15, 0.2) is 24.3 Å². The summed E-state index contributed by atoms with van der Waals surface area (Å²) < 4.78 is 28.0. The lowest BCUT2D eigenvalue weighted by Gasteiger charge is -2.13. The molecule has 0 heterocycles. The summed E-state index contributed by atoms with van der Waals surface area (Å²) in [6, 6.07) is 6.89. The van der Waals surface area contributed by atoms with Crippen molar-refractivity contribution in [3.8, 4) is 5.75 Å². The Balaban J connectivity index is 2.63. The van der Waals surface area contributed by atoms with Crippen LogP contribution in [0.25, 0.3) is 0 Å². The van der Waals surface area contributed by atoms with E-state index >= 15 is 0 Å². The summed E-state index contributed by atoms with van der Waals surface area (Å²) in [5.74, 6) is 0.192. The molecule has 0 amide bonds. The number of alkyl halides is 2. The molecule has 0 saturated carbocycles. The molecular weight excluding hydrogens is 200 g/mol. The van der Waals surface area contributed by atoms with E-state index in [0.717, 1.165) is 12.1 Å². The molecule has 1 aromatic carbocycles. The zero-order valence-electron chi connectivity index (χ0n) is 8.84. The van der Waals surface area contributed by atoms with Crippen LogP contribution < -0.4 is 10.1 Å². The molecule has 1 atom stereocenters. The summed E-state index contributed by atoms with van der Waals surface area (Å²) in [5.41, 5.74) is 1.05. The predicted octanol–water partition coefficient (Wildman–Crippen LogP) is 2.96. The van der Waals surface area contributed by atoms with Gasteiger partial charge in [-0.1, -0.05) is 19.1 Å². The minimum absolute atomic E-state index is 0.192. The molecule has 0 radical (unpaired) electrons. The zero-order chi connectivity index (χ0) is 11.3. The van der Waals surface area contributed by atoms with E-state index in [-0.39, 0.29) is 11.8 Å². The lowest BCUT2D eigenvalue weighted by molar-refractivity contribution is -0.0498. The maximum atomic E-state index is 11.9. The fourth-order valence-electron chi connectivity index (χ4n) is 1.36. The van der Waals surface area contributed by atoms with Crippen LogP contribution in [0.2, 0.25) is 0 Å². The van der Waals surface area contributed by atoms with E-state index in [1.807, 2.05) is 13.8 Å². The Morgan fingerprint density at radius 1 is 1.27 bits per heavy atom. The van der Waals surface area contributed by atoms with E-state index in [4.69, 9.17) is 0 Å². The van der Waals surface area contributed by atoms with E-state index in [1.165, 1.54) is 0 Å². The Hall–Kier alpha value is -1.16. The number of nitrogens with one attached hydrogen (secondary N) is 1. The van der Waals surface area contributed by atoms with Crippen molar-refractivity contribution in [2.45, 2.75) is 26.5 Å². The van der Waals surface area contributed by atoms with Gasteiger partial charge in [-0.05, 0) is 31.2 Å². The van der Waals surface area contributed by atoms with Gasteiger partial charge in [-0.15, -0.1) is 0 Å². The quantitative estimate of drug-likeness (QED) is 0.815. The van der Waals surface area contributed by atoms with Crippen molar-refractivity contribution in [1.82, 2.24) is 5.32 Å². The molecule has 1 rings (SSSR count). The zero-order valence-corrected chi connectivity index (χ0v) is 8.84. The van der Waals surface area contributed by atoms with Crippen LogP contribution in [0, 0.1) is 0 Å². The van der Waals surface area contributed by atoms with Gasteiger partial charge in [-0.3, -0.25) is 0 Å². The Morgan fingerprint density at radius 2 is 1.87 bits per heavy atom. The molecule has 0 bridgehead atoms. The van der Waals surface area contributed by atoms with Gasteiger partial charge < -0.3 is 10.1 Å². The van der Waals surface area contributed by atoms with Crippen molar-refractivity contribution >= 4 is 0 Å². The van der Waals surface area contributed by atoms with Crippen molar-refractivity contribution in [3.05, 3.63) is 29.8 Å². The summed E-state index contributed by atoms with van der Waals surface area (Å²) in [6.07, 6.45) is 0. The second kappa shape index (κ2) is 5.66. The largest absolute Gasteiger partial charge is 0.435 e. The van der Waals surface area contributed by atoms with Crippen LogP contribution in [0.1, 0.15) is 25.5 Å². The monoisotopic (exact) mass is 215 g/mol. The molecule has 0 spiro atoms. The van der Waals surface area contributed by atoms with Crippen LogP contribution >= 0.6 is 0 Å². The molecule has 0 unspecified atom stereocenters. The van der Waals surface area contributed by atoms with Crippen LogP contribution in [-0.4, -0.2) is 13.2 Å². The molecule has 1 N–H and O–H groups in total. The number of benzene rings is 1. The standard InChI is InChI=1S/C11H15F2NO/c1-3-14-8(2)9-4-6-10(7-5-9)15-11(12)13/h4-8,11,14H,3H2,1-2H3/t8-/m1/s1. The maximum Gasteiger partial charge on any atom is 0.387 e. The van der Waals surface area contributed by atoms with Gasteiger partial charge in [0.2, 0.25) is 0 Å². The highest BCUT2D eigenvalue weighted by Gasteiger charge is 2.06. The van der Waals surface area contributed by atoms with E-state index in [9.17, 15) is 8.78 Å². The molecule has 2 nitrogen and oxygen atoms in total. The van der Waals surface area contributed by atoms with E-state index < -0.39 is 6.61 Å². The highest BCUT2D eigenvalue weighted by molar-refractivity contribution is 5.28. The second-order valence-corrected chi connectivity index (χ2v) is 3.23. The molecule has 0 aliphatic heterocycles. The van der Waals surface area contributed by atoms with Crippen molar-refractivity contribution < 1.29 is 13.5 Å². The van der Waals surface area contributed by atoms with Gasteiger partial charge >= 0.3 is 6.61 Å². The third-order valence-electron chi connectivity index (χ3n) is 2.12. The fourth-order valence-corrected chi connectivity index (χ4v) is 1.36. The van der Waals surface area contributed by atoms with Crippen LogP contribution in [0.3, 0.4) is 0 Å². The number of hydrogen-bond donors (Lipinski definition) is 1. The van der Waals surface area contributed by atoms with E-state index in [0.29, 0.717) is 0 Å². The van der Waals surface area contributed by atoms with Crippen molar-refractivity contribution in [2.75, 3.05) is 6.54 Å². The van der Waals surface area contributed by atoms with Gasteiger partial charge in [0, 0.05) is 6.04 Å². The van der Waals surface area contributed by atoms with E-state index in [2.05, 4.69) is 10.1 Å². The lowest BCUT2D eigenvalue weighted by atomic mass is 10.1. The third kappa shape index (κ3) is 3.83. The smallest absolute Gasteiger partial charge is 0.387 e. The maximum absolute atomic E-state index is 11.9. The highest BCUT2D eigenvalue weighted by atomic mass is 19.3. The SMILES string of the molecule is CCN[C@H](C)c1ccc(OC(F)F)cc1. The van der Waals surface area contributed by atoms with Crippen molar-refractivity contribution in [1.29, 1.82) is 0 Å². The molecule has 0 saturated heterocycles. The van der Waals surface area contributed by atoms with Crippen LogP contribution in [0.4, 0.5) is 8.78 Å². The fraction of sp³-hybridized carbons (Fsp3) is 0.455. The molecule has 0 aromatic heterocycles. The number of ether oxygens (including phenoxy) is 1. The first-order valence-corrected chi connectivity index (χ1v) is 4.91. The first-order valence-electron chi connectivity index (χ1n) is 4.91. The Bertz CT molecular complexity index is 287. The molecule has 0 fully saturated rings. The summed E-state index contributed by atoms with van der Waals surface area (Å²) in [5, 5.41) is 3.23. The molecule has 0 aliphatic carbocycles. The minimum atomic E-state index is -2.76. The van der Waals surface area contributed by atoms with Crippen LogP contribution in [0.5, 0.6) is 5.75 Å². The number of rotatable bonds is 5. The average Bonchev–Trinajstić information content (AvgIpc) is 2.18. The Morgan fingerprint density at radius 3 is 2.33 bits per heavy atom. The molecule has 15 heavy (non-hydrogen) atoms. The van der Waals surface area contributed by atoms with Gasteiger partial charge in [-0.25, -0.2) is 0 Å². The summed E-state index contributed by atoms with van der Waals surface area (Å²) in [6.45, 7) is 2.15. The van der Waals surface area contributed by atoms with Gasteiger partial charge in [-0.2, -0.15) is 8.78 Å². The van der Waals surface area contributed by atoms with Gasteiger partial charge in [0.15, 0.2) is 0 Å². The molecular formula is C11H15F2NO. The molecule has 1 aromatic rings. The third-order valence-corrected chi connectivity index (χ3v) is 2.12. The Labute approximate surface area is 88.3 Å². The van der Waals surface area contributed by atoms with Gasteiger partial charge in [0.1, 0.15) is 5.75 Å². The number of halogens is 2. The van der Waals surface area contributed by atoms with Gasteiger partial charge in [0.25, 0.3) is 0 Å². The summed E-state index contributed by atoms with van der Waals surface area (Å²) in [4.78, 5) is 0. The van der Waals surface area contributed by atoms with Gasteiger partial charge in [0.05, 0.1) is 0 Å². The lowest BCUT2D eigenvalue weighted by Crippen LogP contribution is -2.17. The highest BCUT2D eigenvalue weighted by Crippen LogP contribution is 2.18. The molecule has 4 heteroatoms. The second-order valence-electron chi connectivity index (χ2n) is 3.23. The Kier molecular flexibility index (Phi) is 4.49. The summed E-state index contributed by atoms with van der Waals surface area (Å²) in [7, 11) is 0. The minimum Gasteiger partial charge on any atom is -0.435 e. The normalized spacial score (nSPS) is 12.9. The molecule has 84 valence electrons.